The number of halogens is 1. The molecule has 0 unspecified atom stereocenters. The number of hydrogen-bond acceptors (Lipinski definition) is 4. The average Bonchev–Trinajstić information content (AvgIpc) is 2.58. The van der Waals surface area contributed by atoms with E-state index in [-0.39, 0.29) is 0 Å². The molecule has 0 saturated heterocycles. The zero-order valence-corrected chi connectivity index (χ0v) is 13.9. The smallest absolute Gasteiger partial charge is 0.162 e. The van der Waals surface area contributed by atoms with Crippen molar-refractivity contribution in [3.63, 3.8) is 0 Å². The van der Waals surface area contributed by atoms with Crippen LogP contribution in [0.25, 0.3) is 10.9 Å². The van der Waals surface area contributed by atoms with E-state index in [1.807, 2.05) is 43.3 Å². The lowest BCUT2D eigenvalue weighted by molar-refractivity contribution is 0.356. The van der Waals surface area contributed by atoms with Gasteiger partial charge in [0.1, 0.15) is 0 Å². The summed E-state index contributed by atoms with van der Waals surface area (Å²) in [7, 11) is 3.23. The van der Waals surface area contributed by atoms with Gasteiger partial charge in [-0.3, -0.25) is 4.98 Å². The van der Waals surface area contributed by atoms with Crippen molar-refractivity contribution in [1.82, 2.24) is 4.98 Å². The first-order chi connectivity index (χ1) is 11.1. The van der Waals surface area contributed by atoms with Gasteiger partial charge in [-0.15, -0.1) is 0 Å². The molecular formula is C18H17ClN2O2. The third kappa shape index (κ3) is 2.90. The Morgan fingerprint density at radius 2 is 1.74 bits per heavy atom. The first kappa shape index (κ1) is 15.4. The summed E-state index contributed by atoms with van der Waals surface area (Å²) in [6.07, 6.45) is 1.76. The molecule has 3 rings (SSSR count). The Morgan fingerprint density at radius 1 is 1.00 bits per heavy atom. The fourth-order valence-electron chi connectivity index (χ4n) is 2.47. The highest BCUT2D eigenvalue weighted by molar-refractivity contribution is 6.31. The summed E-state index contributed by atoms with van der Waals surface area (Å²) in [6.45, 7) is 1.98. The molecule has 0 aliphatic heterocycles. The number of nitrogens with zero attached hydrogens (tertiary/aromatic N) is 1. The zero-order valence-electron chi connectivity index (χ0n) is 13.2. The van der Waals surface area contributed by atoms with Crippen LogP contribution in [0.1, 0.15) is 5.56 Å². The van der Waals surface area contributed by atoms with E-state index in [0.29, 0.717) is 11.5 Å². The van der Waals surface area contributed by atoms with Gasteiger partial charge < -0.3 is 14.8 Å². The van der Waals surface area contributed by atoms with Crippen molar-refractivity contribution in [2.75, 3.05) is 19.5 Å². The first-order valence-corrected chi connectivity index (χ1v) is 7.54. The predicted molar refractivity (Wildman–Crippen MR) is 94.3 cm³/mol. The number of anilines is 2. The predicted octanol–water partition coefficient (Wildman–Crippen LogP) is 4.96. The number of rotatable bonds is 4. The maximum absolute atomic E-state index is 6.20. The molecule has 0 aliphatic carbocycles. The summed E-state index contributed by atoms with van der Waals surface area (Å²) in [4.78, 5) is 4.41. The van der Waals surface area contributed by atoms with Crippen LogP contribution >= 0.6 is 11.6 Å². The molecule has 0 atom stereocenters. The van der Waals surface area contributed by atoms with Gasteiger partial charge in [0.05, 0.1) is 19.7 Å². The molecule has 0 bridgehead atoms. The molecule has 0 radical (unpaired) electrons. The summed E-state index contributed by atoms with van der Waals surface area (Å²) >= 11 is 6.20. The van der Waals surface area contributed by atoms with Crippen molar-refractivity contribution in [3.8, 4) is 11.5 Å². The molecule has 3 aromatic rings. The second-order valence-electron chi connectivity index (χ2n) is 5.12. The molecule has 1 heterocycles. The molecule has 0 saturated carbocycles. The number of hydrogen-bond donors (Lipinski definition) is 1. The Kier molecular flexibility index (Phi) is 4.26. The molecule has 5 heteroatoms. The summed E-state index contributed by atoms with van der Waals surface area (Å²) in [5, 5.41) is 5.10. The highest BCUT2D eigenvalue weighted by Crippen LogP contribution is 2.36. The highest BCUT2D eigenvalue weighted by Gasteiger charge is 2.11. The Bertz CT molecular complexity index is 865. The van der Waals surface area contributed by atoms with E-state index in [9.17, 15) is 0 Å². The van der Waals surface area contributed by atoms with Crippen LogP contribution in [0.3, 0.4) is 0 Å². The van der Waals surface area contributed by atoms with Gasteiger partial charge in [-0.05, 0) is 36.8 Å². The molecule has 23 heavy (non-hydrogen) atoms. The molecule has 0 spiro atoms. The molecule has 1 N–H and O–H groups in total. The van der Waals surface area contributed by atoms with E-state index in [2.05, 4.69) is 10.3 Å². The maximum atomic E-state index is 6.20. The van der Waals surface area contributed by atoms with Gasteiger partial charge in [0, 0.05) is 34.0 Å². The number of ether oxygens (including phenoxy) is 2. The Labute approximate surface area is 140 Å². The molecule has 2 aromatic carbocycles. The maximum Gasteiger partial charge on any atom is 0.162 e. The number of methoxy groups -OCH3 is 2. The third-order valence-corrected chi connectivity index (χ3v) is 4.19. The minimum absolute atomic E-state index is 0.656. The van der Waals surface area contributed by atoms with Gasteiger partial charge in [-0.25, -0.2) is 0 Å². The summed E-state index contributed by atoms with van der Waals surface area (Å²) < 4.78 is 10.7. The first-order valence-electron chi connectivity index (χ1n) is 7.17. The average molecular weight is 329 g/mol. The second-order valence-corrected chi connectivity index (χ2v) is 5.53. The van der Waals surface area contributed by atoms with E-state index < -0.39 is 0 Å². The van der Waals surface area contributed by atoms with Crippen molar-refractivity contribution in [3.05, 3.63) is 53.2 Å². The van der Waals surface area contributed by atoms with Crippen molar-refractivity contribution < 1.29 is 9.47 Å². The molecule has 118 valence electrons. The van der Waals surface area contributed by atoms with Crippen LogP contribution in [0.15, 0.2) is 42.6 Å². The normalized spacial score (nSPS) is 10.6. The molecule has 4 nitrogen and oxygen atoms in total. The van der Waals surface area contributed by atoms with Gasteiger partial charge in [-0.2, -0.15) is 0 Å². The number of pyridine rings is 1. The van der Waals surface area contributed by atoms with Gasteiger partial charge in [0.25, 0.3) is 0 Å². The van der Waals surface area contributed by atoms with E-state index in [1.165, 1.54) is 0 Å². The SMILES string of the molecule is COc1cc2nccc(Nc3cccc(Cl)c3C)c2cc1OC. The topological polar surface area (TPSA) is 43.4 Å². The van der Waals surface area contributed by atoms with Crippen LogP contribution in [0.4, 0.5) is 11.4 Å². The summed E-state index contributed by atoms with van der Waals surface area (Å²) in [6, 6.07) is 11.5. The van der Waals surface area contributed by atoms with Crippen LogP contribution in [-0.2, 0) is 0 Å². The molecule has 0 amide bonds. The van der Waals surface area contributed by atoms with Crippen molar-refractivity contribution >= 4 is 33.9 Å². The van der Waals surface area contributed by atoms with Gasteiger partial charge in [-0.1, -0.05) is 17.7 Å². The zero-order chi connectivity index (χ0) is 16.4. The fraction of sp³-hybridized carbons (Fsp3) is 0.167. The standard InChI is InChI=1S/C18H17ClN2O2/c1-11-13(19)5-4-6-14(11)21-15-7-8-20-16-10-18(23-3)17(22-2)9-12(15)16/h4-10H,1-3H3,(H,20,21). The molecular weight excluding hydrogens is 312 g/mol. The monoisotopic (exact) mass is 328 g/mol. The number of benzene rings is 2. The van der Waals surface area contributed by atoms with Crippen molar-refractivity contribution in [2.24, 2.45) is 0 Å². The third-order valence-electron chi connectivity index (χ3n) is 3.78. The Hall–Kier alpha value is -2.46. The largest absolute Gasteiger partial charge is 0.493 e. The lowest BCUT2D eigenvalue weighted by atomic mass is 10.1. The second kappa shape index (κ2) is 6.34. The van der Waals surface area contributed by atoms with Gasteiger partial charge in [0.2, 0.25) is 0 Å². The Morgan fingerprint density at radius 3 is 2.48 bits per heavy atom. The molecule has 0 fully saturated rings. The van der Waals surface area contributed by atoms with Crippen LogP contribution in [0.5, 0.6) is 11.5 Å². The minimum atomic E-state index is 0.656. The van der Waals surface area contributed by atoms with Crippen LogP contribution < -0.4 is 14.8 Å². The quantitative estimate of drug-likeness (QED) is 0.735. The molecule has 1 aromatic heterocycles. The van der Waals surface area contributed by atoms with Crippen LogP contribution in [0.2, 0.25) is 5.02 Å². The van der Waals surface area contributed by atoms with Crippen molar-refractivity contribution in [1.29, 1.82) is 0 Å². The van der Waals surface area contributed by atoms with E-state index >= 15 is 0 Å². The fourth-order valence-corrected chi connectivity index (χ4v) is 2.64. The highest BCUT2D eigenvalue weighted by atomic mass is 35.5. The lowest BCUT2D eigenvalue weighted by Crippen LogP contribution is -1.97. The summed E-state index contributed by atoms with van der Waals surface area (Å²) in [5.41, 5.74) is 3.72. The summed E-state index contributed by atoms with van der Waals surface area (Å²) in [5.74, 6) is 1.32. The van der Waals surface area contributed by atoms with Gasteiger partial charge >= 0.3 is 0 Å². The number of aromatic nitrogens is 1. The van der Waals surface area contributed by atoms with Crippen LogP contribution in [-0.4, -0.2) is 19.2 Å². The minimum Gasteiger partial charge on any atom is -0.493 e. The lowest BCUT2D eigenvalue weighted by Gasteiger charge is -2.14. The number of nitrogens with one attached hydrogen (secondary N) is 1. The van der Waals surface area contributed by atoms with E-state index in [0.717, 1.165) is 32.9 Å². The molecule has 0 aliphatic rings. The number of fused-ring (bicyclic) bond motifs is 1. The van der Waals surface area contributed by atoms with Crippen molar-refractivity contribution in [2.45, 2.75) is 6.92 Å². The Balaban J connectivity index is 2.12. The van der Waals surface area contributed by atoms with Gasteiger partial charge in [0.15, 0.2) is 11.5 Å². The van der Waals surface area contributed by atoms with Crippen LogP contribution in [0, 0.1) is 6.92 Å². The van der Waals surface area contributed by atoms with E-state index in [1.54, 1.807) is 20.4 Å². The van der Waals surface area contributed by atoms with E-state index in [4.69, 9.17) is 21.1 Å².